The minimum Gasteiger partial charge on any atom is -0.424 e. The molecule has 3 rings (SSSR count). The van der Waals surface area contributed by atoms with Gasteiger partial charge in [-0.25, -0.2) is 13.6 Å². The highest BCUT2D eigenvalue weighted by atomic mass is 32.2. The molecule has 1 aromatic heterocycles. The van der Waals surface area contributed by atoms with E-state index in [0.717, 1.165) is 25.9 Å². The summed E-state index contributed by atoms with van der Waals surface area (Å²) in [5, 5.41) is 11.6. The predicted octanol–water partition coefficient (Wildman–Crippen LogP) is 0.639. The van der Waals surface area contributed by atoms with Gasteiger partial charge in [-0.2, -0.15) is 4.98 Å². The van der Waals surface area contributed by atoms with Gasteiger partial charge in [0.15, 0.2) is 5.58 Å². The molecular formula is C12H16N4O3S. The minimum atomic E-state index is -3.72. The van der Waals surface area contributed by atoms with E-state index in [-0.39, 0.29) is 4.90 Å². The highest BCUT2D eigenvalue weighted by Crippen LogP contribution is 2.23. The van der Waals surface area contributed by atoms with Gasteiger partial charge in [-0.3, -0.25) is 0 Å². The summed E-state index contributed by atoms with van der Waals surface area (Å²) in [4.78, 5) is 4.30. The number of nitrogens with two attached hydrogens (primary N) is 1. The van der Waals surface area contributed by atoms with Crippen molar-refractivity contribution in [3.05, 3.63) is 18.2 Å². The second kappa shape index (κ2) is 5.04. The molecule has 108 valence electrons. The third kappa shape index (κ3) is 2.77. The van der Waals surface area contributed by atoms with Gasteiger partial charge in [0.05, 0.1) is 4.90 Å². The first-order valence-electron chi connectivity index (χ1n) is 6.43. The summed E-state index contributed by atoms with van der Waals surface area (Å²) in [5.74, 6) is 0. The molecule has 1 aliphatic heterocycles. The van der Waals surface area contributed by atoms with Crippen LogP contribution < -0.4 is 15.8 Å². The SMILES string of the molecule is NS(=O)(=O)c1ccc2oc(NC3CCNCC3)nc2c1. The molecule has 2 heterocycles. The molecule has 0 amide bonds. The van der Waals surface area contributed by atoms with Crippen LogP contribution in [0.2, 0.25) is 0 Å². The highest BCUT2D eigenvalue weighted by molar-refractivity contribution is 7.89. The molecule has 1 fully saturated rings. The molecule has 2 aromatic rings. The minimum absolute atomic E-state index is 0.0340. The Morgan fingerprint density at radius 3 is 2.80 bits per heavy atom. The Kier molecular flexibility index (Phi) is 3.36. The molecule has 0 spiro atoms. The van der Waals surface area contributed by atoms with Crippen molar-refractivity contribution < 1.29 is 12.8 Å². The first-order valence-corrected chi connectivity index (χ1v) is 7.98. The summed E-state index contributed by atoms with van der Waals surface area (Å²) >= 11 is 0. The summed E-state index contributed by atoms with van der Waals surface area (Å²) in [6.07, 6.45) is 2.00. The maximum Gasteiger partial charge on any atom is 0.295 e. The molecule has 0 aliphatic carbocycles. The van der Waals surface area contributed by atoms with Gasteiger partial charge in [-0.05, 0) is 44.1 Å². The van der Waals surface area contributed by atoms with E-state index in [4.69, 9.17) is 9.56 Å². The summed E-state index contributed by atoms with van der Waals surface area (Å²) in [7, 11) is -3.72. The van der Waals surface area contributed by atoms with Gasteiger partial charge < -0.3 is 15.1 Å². The van der Waals surface area contributed by atoms with Crippen LogP contribution in [-0.4, -0.2) is 32.5 Å². The molecule has 0 atom stereocenters. The van der Waals surface area contributed by atoms with Crippen LogP contribution in [0.1, 0.15) is 12.8 Å². The summed E-state index contributed by atoms with van der Waals surface area (Å²) < 4.78 is 28.2. The average molecular weight is 296 g/mol. The molecule has 20 heavy (non-hydrogen) atoms. The lowest BCUT2D eigenvalue weighted by atomic mass is 10.1. The molecular weight excluding hydrogens is 280 g/mol. The summed E-state index contributed by atoms with van der Waals surface area (Å²) in [6, 6.07) is 5.13. The van der Waals surface area contributed by atoms with Crippen molar-refractivity contribution in [2.45, 2.75) is 23.8 Å². The number of rotatable bonds is 3. The second-order valence-corrected chi connectivity index (χ2v) is 6.42. The number of hydrogen-bond donors (Lipinski definition) is 3. The van der Waals surface area contributed by atoms with E-state index in [1.54, 1.807) is 6.07 Å². The van der Waals surface area contributed by atoms with E-state index in [1.165, 1.54) is 12.1 Å². The maximum atomic E-state index is 11.3. The number of hydrogen-bond acceptors (Lipinski definition) is 6. The number of primary sulfonamides is 1. The van der Waals surface area contributed by atoms with Gasteiger partial charge in [0, 0.05) is 6.04 Å². The fourth-order valence-corrected chi connectivity index (χ4v) is 2.82. The first kappa shape index (κ1) is 13.3. The molecule has 0 radical (unpaired) electrons. The molecule has 7 nitrogen and oxygen atoms in total. The highest BCUT2D eigenvalue weighted by Gasteiger charge is 2.16. The van der Waals surface area contributed by atoms with Crippen molar-refractivity contribution in [1.29, 1.82) is 0 Å². The first-order chi connectivity index (χ1) is 9.52. The second-order valence-electron chi connectivity index (χ2n) is 4.86. The van der Waals surface area contributed by atoms with Gasteiger partial charge in [0.1, 0.15) is 5.52 Å². The zero-order chi connectivity index (χ0) is 14.2. The van der Waals surface area contributed by atoms with Crippen LogP contribution in [0.4, 0.5) is 6.01 Å². The number of benzene rings is 1. The quantitative estimate of drug-likeness (QED) is 0.766. The number of oxazole rings is 1. The van der Waals surface area contributed by atoms with E-state index in [9.17, 15) is 8.42 Å². The number of piperidine rings is 1. The molecule has 0 saturated carbocycles. The predicted molar refractivity (Wildman–Crippen MR) is 74.9 cm³/mol. The van der Waals surface area contributed by atoms with Crippen LogP contribution in [0.5, 0.6) is 0 Å². The van der Waals surface area contributed by atoms with E-state index in [2.05, 4.69) is 15.6 Å². The Bertz CT molecular complexity index is 719. The number of nitrogens with one attached hydrogen (secondary N) is 2. The maximum absolute atomic E-state index is 11.3. The van der Waals surface area contributed by atoms with Crippen LogP contribution in [-0.2, 0) is 10.0 Å². The van der Waals surface area contributed by atoms with Gasteiger partial charge >= 0.3 is 0 Å². The number of nitrogens with zero attached hydrogens (tertiary/aromatic N) is 1. The van der Waals surface area contributed by atoms with Crippen LogP contribution >= 0.6 is 0 Å². The van der Waals surface area contributed by atoms with Crippen molar-refractivity contribution in [2.75, 3.05) is 18.4 Å². The summed E-state index contributed by atoms with van der Waals surface area (Å²) in [5.41, 5.74) is 1.02. The molecule has 1 aromatic carbocycles. The molecule has 1 saturated heterocycles. The Labute approximate surface area is 116 Å². The van der Waals surface area contributed by atoms with Crippen LogP contribution in [0.15, 0.2) is 27.5 Å². The molecule has 8 heteroatoms. The molecule has 0 unspecified atom stereocenters. The van der Waals surface area contributed by atoms with Crippen molar-refractivity contribution >= 4 is 27.1 Å². The van der Waals surface area contributed by atoms with Gasteiger partial charge in [0.25, 0.3) is 6.01 Å². The Balaban J connectivity index is 1.86. The van der Waals surface area contributed by atoms with Gasteiger partial charge in [0.2, 0.25) is 10.0 Å². The zero-order valence-electron chi connectivity index (χ0n) is 10.8. The fourth-order valence-electron chi connectivity index (χ4n) is 2.29. The van der Waals surface area contributed by atoms with Crippen molar-refractivity contribution in [1.82, 2.24) is 10.3 Å². The lowest BCUT2D eigenvalue weighted by Gasteiger charge is -2.22. The summed E-state index contributed by atoms with van der Waals surface area (Å²) in [6.45, 7) is 1.93. The molecule has 1 aliphatic rings. The third-order valence-electron chi connectivity index (χ3n) is 3.35. The van der Waals surface area contributed by atoms with E-state index in [0.29, 0.717) is 23.2 Å². The largest absolute Gasteiger partial charge is 0.424 e. The third-order valence-corrected chi connectivity index (χ3v) is 4.27. The Morgan fingerprint density at radius 2 is 2.10 bits per heavy atom. The Morgan fingerprint density at radius 1 is 1.35 bits per heavy atom. The van der Waals surface area contributed by atoms with E-state index < -0.39 is 10.0 Å². The van der Waals surface area contributed by atoms with Crippen molar-refractivity contribution in [2.24, 2.45) is 5.14 Å². The van der Waals surface area contributed by atoms with Gasteiger partial charge in [-0.15, -0.1) is 0 Å². The van der Waals surface area contributed by atoms with Crippen molar-refractivity contribution in [3.8, 4) is 0 Å². The Hall–Kier alpha value is -1.64. The number of sulfonamides is 1. The fraction of sp³-hybridized carbons (Fsp3) is 0.417. The zero-order valence-corrected chi connectivity index (χ0v) is 11.6. The smallest absolute Gasteiger partial charge is 0.295 e. The molecule has 0 bridgehead atoms. The van der Waals surface area contributed by atoms with Crippen LogP contribution in [0, 0.1) is 0 Å². The lowest BCUT2D eigenvalue weighted by molar-refractivity contribution is 0.466. The number of aromatic nitrogens is 1. The molecule has 4 N–H and O–H groups in total. The average Bonchev–Trinajstić information content (AvgIpc) is 2.80. The lowest BCUT2D eigenvalue weighted by Crippen LogP contribution is -2.35. The van der Waals surface area contributed by atoms with Gasteiger partial charge in [-0.1, -0.05) is 0 Å². The standard InChI is InChI=1S/C12H16N4O3S/c13-20(17,18)9-1-2-11-10(7-9)16-12(19-11)15-8-3-5-14-6-4-8/h1-2,7-8,14H,3-6H2,(H,15,16)(H2,13,17,18). The topological polar surface area (TPSA) is 110 Å². The monoisotopic (exact) mass is 296 g/mol. The normalized spacial score (nSPS) is 17.4. The van der Waals surface area contributed by atoms with Crippen LogP contribution in [0.25, 0.3) is 11.1 Å². The van der Waals surface area contributed by atoms with Crippen molar-refractivity contribution in [3.63, 3.8) is 0 Å². The number of anilines is 1. The van der Waals surface area contributed by atoms with Crippen LogP contribution in [0.3, 0.4) is 0 Å². The van der Waals surface area contributed by atoms with E-state index in [1.807, 2.05) is 0 Å². The van der Waals surface area contributed by atoms with E-state index >= 15 is 0 Å². The number of fused-ring (bicyclic) bond motifs is 1.